The van der Waals surface area contributed by atoms with Crippen LogP contribution in [-0.4, -0.2) is 13.4 Å². The Labute approximate surface area is 97.1 Å². The maximum Gasteiger partial charge on any atom is 0.332 e. The Kier molecular flexibility index (Phi) is 2.00. The van der Waals surface area contributed by atoms with E-state index in [0.717, 1.165) is 16.4 Å². The van der Waals surface area contributed by atoms with Gasteiger partial charge in [-0.05, 0) is 24.3 Å². The zero-order chi connectivity index (χ0) is 12.0. The van der Waals surface area contributed by atoms with Crippen LogP contribution in [0.4, 0.5) is 3.89 Å². The van der Waals surface area contributed by atoms with Crippen molar-refractivity contribution in [3.63, 3.8) is 0 Å². The van der Waals surface area contributed by atoms with E-state index in [1.165, 1.54) is 12.1 Å². The van der Waals surface area contributed by atoms with Crippen molar-refractivity contribution in [3.05, 3.63) is 42.5 Å². The summed E-state index contributed by atoms with van der Waals surface area (Å²) in [6.45, 7) is 0. The second kappa shape index (κ2) is 3.30. The van der Waals surface area contributed by atoms with Gasteiger partial charge in [0.25, 0.3) is 0 Å². The lowest BCUT2D eigenvalue weighted by molar-refractivity contribution is 0.552. The van der Waals surface area contributed by atoms with Crippen molar-refractivity contribution in [1.29, 1.82) is 0 Å². The molecule has 0 amide bonds. The molecule has 0 unspecified atom stereocenters. The van der Waals surface area contributed by atoms with Gasteiger partial charge in [-0.15, -0.1) is 3.89 Å². The minimum atomic E-state index is -4.65. The fourth-order valence-corrected chi connectivity index (χ4v) is 2.47. The van der Waals surface area contributed by atoms with E-state index in [1.807, 2.05) is 24.3 Å². The van der Waals surface area contributed by atoms with Gasteiger partial charge in [0.1, 0.15) is 0 Å². The average molecular weight is 249 g/mol. The van der Waals surface area contributed by atoms with Gasteiger partial charge in [-0.2, -0.15) is 8.42 Å². The number of halogens is 1. The van der Waals surface area contributed by atoms with Crippen LogP contribution in [0.2, 0.25) is 0 Å². The van der Waals surface area contributed by atoms with Crippen molar-refractivity contribution in [2.75, 3.05) is 0 Å². The average Bonchev–Trinajstić information content (AvgIpc) is 2.65. The summed E-state index contributed by atoms with van der Waals surface area (Å²) in [6.07, 6.45) is 0. The van der Waals surface area contributed by atoms with Crippen LogP contribution in [0.1, 0.15) is 0 Å². The molecule has 86 valence electrons. The Morgan fingerprint density at radius 3 is 2.41 bits per heavy atom. The van der Waals surface area contributed by atoms with Crippen molar-refractivity contribution in [3.8, 4) is 0 Å². The predicted octanol–water partition coefficient (Wildman–Crippen LogP) is 2.98. The van der Waals surface area contributed by atoms with E-state index >= 15 is 0 Å². The molecule has 0 fully saturated rings. The van der Waals surface area contributed by atoms with E-state index in [4.69, 9.17) is 0 Å². The van der Waals surface area contributed by atoms with Gasteiger partial charge in [0, 0.05) is 21.8 Å². The normalized spacial score (nSPS) is 12.3. The van der Waals surface area contributed by atoms with Crippen LogP contribution in [0.3, 0.4) is 0 Å². The van der Waals surface area contributed by atoms with Crippen LogP contribution >= 0.6 is 0 Å². The second-order valence-electron chi connectivity index (χ2n) is 3.82. The number of aromatic nitrogens is 1. The summed E-state index contributed by atoms with van der Waals surface area (Å²) in [7, 11) is -4.65. The van der Waals surface area contributed by atoms with Gasteiger partial charge in [-0.25, -0.2) is 0 Å². The summed E-state index contributed by atoms with van der Waals surface area (Å²) in [5, 5.41) is 1.59. The third-order valence-corrected chi connectivity index (χ3v) is 3.58. The number of aromatic amines is 1. The third kappa shape index (κ3) is 1.59. The number of rotatable bonds is 1. The van der Waals surface area contributed by atoms with Gasteiger partial charge < -0.3 is 4.98 Å². The molecule has 3 rings (SSSR count). The lowest BCUT2D eigenvalue weighted by Gasteiger charge is -1.95. The summed E-state index contributed by atoms with van der Waals surface area (Å²) < 4.78 is 34.6. The highest BCUT2D eigenvalue weighted by Crippen LogP contribution is 2.27. The molecule has 2 aromatic carbocycles. The van der Waals surface area contributed by atoms with E-state index < -0.39 is 10.2 Å². The van der Waals surface area contributed by atoms with Crippen LogP contribution in [0.5, 0.6) is 0 Å². The van der Waals surface area contributed by atoms with Gasteiger partial charge in [0.15, 0.2) is 0 Å². The first-order chi connectivity index (χ1) is 8.05. The Hall–Kier alpha value is -1.88. The molecule has 5 heteroatoms. The first-order valence-corrected chi connectivity index (χ1v) is 6.39. The third-order valence-electron chi connectivity index (χ3n) is 2.76. The van der Waals surface area contributed by atoms with Crippen molar-refractivity contribution < 1.29 is 12.3 Å². The van der Waals surface area contributed by atoms with Crippen LogP contribution < -0.4 is 0 Å². The molecule has 0 aliphatic carbocycles. The minimum absolute atomic E-state index is 0.310. The molecular weight excluding hydrogens is 241 g/mol. The fraction of sp³-hybridized carbons (Fsp3) is 0. The molecule has 3 aromatic rings. The molecule has 0 radical (unpaired) electrons. The number of benzene rings is 2. The van der Waals surface area contributed by atoms with Crippen molar-refractivity contribution in [1.82, 2.24) is 4.98 Å². The second-order valence-corrected chi connectivity index (χ2v) is 5.16. The molecule has 0 saturated heterocycles. The first kappa shape index (κ1) is 10.3. The molecule has 0 aliphatic rings. The maximum absolute atomic E-state index is 12.9. The van der Waals surface area contributed by atoms with E-state index in [0.29, 0.717) is 5.39 Å². The zero-order valence-electron chi connectivity index (χ0n) is 8.64. The first-order valence-electron chi connectivity index (χ1n) is 5.01. The summed E-state index contributed by atoms with van der Waals surface area (Å²) in [6, 6.07) is 11.7. The number of hydrogen-bond donors (Lipinski definition) is 1. The minimum Gasteiger partial charge on any atom is -0.355 e. The van der Waals surface area contributed by atoms with Crippen LogP contribution in [0.15, 0.2) is 47.4 Å². The fourth-order valence-electron chi connectivity index (χ4n) is 1.98. The van der Waals surface area contributed by atoms with E-state index in [2.05, 4.69) is 4.98 Å². The molecular formula is C12H8FNO2S. The number of H-pyrrole nitrogens is 1. The highest BCUT2D eigenvalue weighted by atomic mass is 32.3. The van der Waals surface area contributed by atoms with Crippen LogP contribution in [0.25, 0.3) is 21.8 Å². The van der Waals surface area contributed by atoms with Gasteiger partial charge >= 0.3 is 10.2 Å². The Morgan fingerprint density at radius 1 is 0.941 bits per heavy atom. The number of hydrogen-bond acceptors (Lipinski definition) is 2. The van der Waals surface area contributed by atoms with Crippen molar-refractivity contribution in [2.45, 2.75) is 4.90 Å². The molecule has 0 atom stereocenters. The van der Waals surface area contributed by atoms with Crippen molar-refractivity contribution >= 4 is 32.0 Å². The number of fused-ring (bicyclic) bond motifs is 3. The number of nitrogens with one attached hydrogen (secondary N) is 1. The Balaban J connectivity index is 2.46. The summed E-state index contributed by atoms with van der Waals surface area (Å²) in [5.41, 5.74) is 1.69. The molecule has 1 N–H and O–H groups in total. The molecule has 3 nitrogen and oxygen atoms in total. The Bertz CT molecular complexity index is 821. The lowest BCUT2D eigenvalue weighted by Crippen LogP contribution is -1.90. The molecule has 17 heavy (non-hydrogen) atoms. The highest BCUT2D eigenvalue weighted by molar-refractivity contribution is 7.86. The van der Waals surface area contributed by atoms with E-state index in [-0.39, 0.29) is 4.90 Å². The summed E-state index contributed by atoms with van der Waals surface area (Å²) in [4.78, 5) is 2.83. The molecule has 0 aliphatic heterocycles. The van der Waals surface area contributed by atoms with Crippen LogP contribution in [0, 0.1) is 0 Å². The monoisotopic (exact) mass is 249 g/mol. The SMILES string of the molecule is O=S(=O)(F)c1ccc2[nH]c3ccccc3c2c1. The van der Waals surface area contributed by atoms with Gasteiger partial charge in [-0.3, -0.25) is 0 Å². The van der Waals surface area contributed by atoms with Crippen molar-refractivity contribution in [2.24, 2.45) is 0 Å². The van der Waals surface area contributed by atoms with Crippen LogP contribution in [-0.2, 0) is 10.2 Å². The molecule has 1 heterocycles. The zero-order valence-corrected chi connectivity index (χ0v) is 9.46. The van der Waals surface area contributed by atoms with Gasteiger partial charge in [0.2, 0.25) is 0 Å². The maximum atomic E-state index is 12.9. The molecule has 0 bridgehead atoms. The summed E-state index contributed by atoms with van der Waals surface area (Å²) >= 11 is 0. The smallest absolute Gasteiger partial charge is 0.332 e. The molecule has 0 saturated carbocycles. The lowest BCUT2D eigenvalue weighted by atomic mass is 10.1. The van der Waals surface area contributed by atoms with E-state index in [9.17, 15) is 12.3 Å². The van der Waals surface area contributed by atoms with Gasteiger partial charge in [-0.1, -0.05) is 18.2 Å². The predicted molar refractivity (Wildman–Crippen MR) is 64.1 cm³/mol. The topological polar surface area (TPSA) is 49.9 Å². The number of para-hydroxylation sites is 1. The summed E-state index contributed by atoms with van der Waals surface area (Å²) in [5.74, 6) is 0. The largest absolute Gasteiger partial charge is 0.355 e. The molecule has 1 aromatic heterocycles. The van der Waals surface area contributed by atoms with Gasteiger partial charge in [0.05, 0.1) is 4.90 Å². The quantitative estimate of drug-likeness (QED) is 0.674. The standard InChI is InChI=1S/C12H8FNO2S/c13-17(15,16)8-5-6-12-10(7-8)9-3-1-2-4-11(9)14-12/h1-7,14H. The Morgan fingerprint density at radius 2 is 1.65 bits per heavy atom. The highest BCUT2D eigenvalue weighted by Gasteiger charge is 2.13. The molecule has 0 spiro atoms. The van der Waals surface area contributed by atoms with E-state index in [1.54, 1.807) is 6.07 Å².